The van der Waals surface area contributed by atoms with E-state index in [1.54, 1.807) is 7.05 Å². The summed E-state index contributed by atoms with van der Waals surface area (Å²) in [6.45, 7) is 8.31. The van der Waals surface area contributed by atoms with Crippen LogP contribution in [0.15, 0.2) is 10.3 Å². The van der Waals surface area contributed by atoms with Gasteiger partial charge in [0.1, 0.15) is 0 Å². The average Bonchev–Trinajstić information content (AvgIpc) is 2.44. The number of nitrogens with zero attached hydrogens (tertiary/aromatic N) is 5. The van der Waals surface area contributed by atoms with Crippen LogP contribution in [0.4, 0.5) is 5.95 Å². The molecule has 21 heavy (non-hydrogen) atoms. The average molecular weight is 306 g/mol. The van der Waals surface area contributed by atoms with Gasteiger partial charge in [0.15, 0.2) is 5.16 Å². The van der Waals surface area contributed by atoms with Crippen LogP contribution in [0.2, 0.25) is 0 Å². The summed E-state index contributed by atoms with van der Waals surface area (Å²) in [5.74, 6) is 0.455. The summed E-state index contributed by atoms with van der Waals surface area (Å²) in [5.41, 5.74) is 3.01. The lowest BCUT2D eigenvalue weighted by Crippen LogP contribution is -2.05. The van der Waals surface area contributed by atoms with E-state index in [4.69, 9.17) is 4.74 Å². The molecule has 2 aromatic heterocycles. The lowest BCUT2D eigenvalue weighted by atomic mass is 10.2. The Morgan fingerprint density at radius 2 is 1.57 bits per heavy atom. The van der Waals surface area contributed by atoms with Crippen molar-refractivity contribution in [2.45, 2.75) is 38.0 Å². The smallest absolute Gasteiger partial charge is 0.322 e. The van der Waals surface area contributed by atoms with Gasteiger partial charge in [-0.1, -0.05) is 0 Å². The molecule has 0 bridgehead atoms. The maximum Gasteiger partial charge on any atom is 0.322 e. The summed E-state index contributed by atoms with van der Waals surface area (Å²) < 4.78 is 5.34. The molecule has 2 heterocycles. The summed E-state index contributed by atoms with van der Waals surface area (Å²) in [6.07, 6.45) is 0. The molecule has 2 aromatic rings. The summed E-state index contributed by atoms with van der Waals surface area (Å²) in [4.78, 5) is 21.6. The van der Waals surface area contributed by atoms with Crippen LogP contribution in [0.25, 0.3) is 0 Å². The van der Waals surface area contributed by atoms with E-state index >= 15 is 0 Å². The van der Waals surface area contributed by atoms with E-state index in [2.05, 4.69) is 30.2 Å². The van der Waals surface area contributed by atoms with Gasteiger partial charge in [0.05, 0.1) is 6.61 Å². The number of hydrogen-bond donors (Lipinski definition) is 1. The van der Waals surface area contributed by atoms with Crippen LogP contribution in [0.3, 0.4) is 0 Å². The fourth-order valence-electron chi connectivity index (χ4n) is 1.56. The SMILES string of the molecule is CCOc1nc(NC)nc(Sc2nc(C)c(C)c(C)n2)n1. The third kappa shape index (κ3) is 3.78. The fourth-order valence-corrected chi connectivity index (χ4v) is 2.34. The van der Waals surface area contributed by atoms with Crippen molar-refractivity contribution in [1.29, 1.82) is 0 Å². The van der Waals surface area contributed by atoms with Gasteiger partial charge in [-0.25, -0.2) is 9.97 Å². The molecule has 0 aliphatic carbocycles. The van der Waals surface area contributed by atoms with Crippen LogP contribution in [0.1, 0.15) is 23.9 Å². The molecule has 0 aliphatic heterocycles. The normalized spacial score (nSPS) is 10.5. The number of aromatic nitrogens is 5. The molecule has 0 aliphatic rings. The highest BCUT2D eigenvalue weighted by atomic mass is 32.2. The van der Waals surface area contributed by atoms with Crippen LogP contribution in [0.5, 0.6) is 6.01 Å². The number of rotatable bonds is 5. The number of hydrogen-bond acceptors (Lipinski definition) is 8. The van der Waals surface area contributed by atoms with Crippen LogP contribution in [-0.4, -0.2) is 38.6 Å². The molecule has 0 spiro atoms. The zero-order valence-corrected chi connectivity index (χ0v) is 13.6. The molecule has 0 saturated carbocycles. The van der Waals surface area contributed by atoms with Crippen molar-refractivity contribution in [2.24, 2.45) is 0 Å². The molecule has 0 unspecified atom stereocenters. The van der Waals surface area contributed by atoms with Crippen molar-refractivity contribution in [3.05, 3.63) is 17.0 Å². The highest BCUT2D eigenvalue weighted by Crippen LogP contribution is 2.24. The Kier molecular flexibility index (Phi) is 4.89. The minimum Gasteiger partial charge on any atom is -0.464 e. The standard InChI is InChI=1S/C13H18N6OS/c1-6-20-11-17-10(14-5)18-13(19-11)21-12-15-8(3)7(2)9(4)16-12/h6H2,1-5H3,(H,14,17,18,19). The molecule has 112 valence electrons. The van der Waals surface area contributed by atoms with E-state index in [9.17, 15) is 0 Å². The van der Waals surface area contributed by atoms with Gasteiger partial charge in [0, 0.05) is 18.4 Å². The minimum absolute atomic E-state index is 0.292. The Balaban J connectivity index is 2.32. The van der Waals surface area contributed by atoms with Gasteiger partial charge in [0.25, 0.3) is 0 Å². The molecule has 8 heteroatoms. The number of nitrogens with one attached hydrogen (secondary N) is 1. The number of ether oxygens (including phenoxy) is 1. The zero-order valence-electron chi connectivity index (χ0n) is 12.8. The zero-order chi connectivity index (χ0) is 15.4. The lowest BCUT2D eigenvalue weighted by Gasteiger charge is -2.08. The van der Waals surface area contributed by atoms with Gasteiger partial charge in [0.2, 0.25) is 11.1 Å². The first kappa shape index (κ1) is 15.4. The predicted molar refractivity (Wildman–Crippen MR) is 80.9 cm³/mol. The van der Waals surface area contributed by atoms with Crippen molar-refractivity contribution < 1.29 is 4.74 Å². The highest BCUT2D eigenvalue weighted by Gasteiger charge is 2.11. The van der Waals surface area contributed by atoms with E-state index in [1.165, 1.54) is 11.8 Å². The highest BCUT2D eigenvalue weighted by molar-refractivity contribution is 7.99. The van der Waals surface area contributed by atoms with Crippen LogP contribution in [-0.2, 0) is 0 Å². The second-order valence-corrected chi connectivity index (χ2v) is 5.25. The molecule has 2 rings (SSSR count). The van der Waals surface area contributed by atoms with Crippen LogP contribution in [0, 0.1) is 20.8 Å². The van der Waals surface area contributed by atoms with E-state index in [1.807, 2.05) is 27.7 Å². The quantitative estimate of drug-likeness (QED) is 0.841. The maximum absolute atomic E-state index is 5.34. The third-order valence-electron chi connectivity index (χ3n) is 2.89. The Morgan fingerprint density at radius 1 is 0.952 bits per heavy atom. The maximum atomic E-state index is 5.34. The summed E-state index contributed by atoms with van der Waals surface area (Å²) in [6, 6.07) is 0.292. The molecule has 0 radical (unpaired) electrons. The molecule has 0 atom stereocenters. The topological polar surface area (TPSA) is 85.7 Å². The fraction of sp³-hybridized carbons (Fsp3) is 0.462. The minimum atomic E-state index is 0.292. The number of aryl methyl sites for hydroxylation is 2. The van der Waals surface area contributed by atoms with Gasteiger partial charge in [-0.05, 0) is 45.0 Å². The van der Waals surface area contributed by atoms with Crippen molar-refractivity contribution >= 4 is 17.7 Å². The van der Waals surface area contributed by atoms with Crippen molar-refractivity contribution in [2.75, 3.05) is 19.0 Å². The molecule has 7 nitrogen and oxygen atoms in total. The second-order valence-electron chi connectivity index (χ2n) is 4.31. The molecule has 0 aromatic carbocycles. The van der Waals surface area contributed by atoms with Gasteiger partial charge >= 0.3 is 6.01 Å². The van der Waals surface area contributed by atoms with Crippen LogP contribution < -0.4 is 10.1 Å². The summed E-state index contributed by atoms with van der Waals surface area (Å²) in [5, 5.41) is 4.00. The van der Waals surface area contributed by atoms with E-state index in [0.29, 0.717) is 28.9 Å². The van der Waals surface area contributed by atoms with Crippen molar-refractivity contribution in [3.63, 3.8) is 0 Å². The second kappa shape index (κ2) is 6.66. The van der Waals surface area contributed by atoms with Gasteiger partial charge < -0.3 is 10.1 Å². The third-order valence-corrected chi connectivity index (χ3v) is 3.62. The molecule has 0 saturated heterocycles. The molecular weight excluding hydrogens is 288 g/mol. The first-order chi connectivity index (χ1) is 10.0. The molecule has 0 amide bonds. The monoisotopic (exact) mass is 306 g/mol. The Morgan fingerprint density at radius 3 is 2.14 bits per heavy atom. The van der Waals surface area contributed by atoms with Crippen molar-refractivity contribution in [1.82, 2.24) is 24.9 Å². The lowest BCUT2D eigenvalue weighted by molar-refractivity contribution is 0.308. The first-order valence-corrected chi connectivity index (χ1v) is 7.41. The van der Waals surface area contributed by atoms with Gasteiger partial charge in [-0.3, -0.25) is 0 Å². The van der Waals surface area contributed by atoms with Gasteiger partial charge in [-0.15, -0.1) is 0 Å². The Bertz CT molecular complexity index is 626. The Hall–Kier alpha value is -1.96. The predicted octanol–water partition coefficient (Wildman–Crippen LogP) is 2.18. The molecular formula is C13H18N6OS. The number of anilines is 1. The molecule has 0 fully saturated rings. The van der Waals surface area contributed by atoms with Gasteiger partial charge in [-0.2, -0.15) is 15.0 Å². The Labute approximate surface area is 128 Å². The summed E-state index contributed by atoms with van der Waals surface area (Å²) in [7, 11) is 1.75. The van der Waals surface area contributed by atoms with Crippen molar-refractivity contribution in [3.8, 4) is 6.01 Å². The summed E-state index contributed by atoms with van der Waals surface area (Å²) >= 11 is 1.29. The molecule has 1 N–H and O–H groups in total. The van der Waals surface area contributed by atoms with E-state index in [0.717, 1.165) is 17.0 Å². The van der Waals surface area contributed by atoms with E-state index in [-0.39, 0.29) is 0 Å². The van der Waals surface area contributed by atoms with E-state index < -0.39 is 0 Å². The first-order valence-electron chi connectivity index (χ1n) is 6.59. The largest absolute Gasteiger partial charge is 0.464 e. The van der Waals surface area contributed by atoms with Crippen LogP contribution >= 0.6 is 11.8 Å².